The molecular weight excluding hydrogens is 243 g/mol. The molecule has 0 amide bonds. The summed E-state index contributed by atoms with van der Waals surface area (Å²) >= 11 is 0. The van der Waals surface area contributed by atoms with Crippen LogP contribution in [0.5, 0.6) is 11.5 Å². The van der Waals surface area contributed by atoms with Crippen molar-refractivity contribution < 1.29 is 14.2 Å². The van der Waals surface area contributed by atoms with Crippen LogP contribution in [0.3, 0.4) is 0 Å². The summed E-state index contributed by atoms with van der Waals surface area (Å²) < 4.78 is 19.6. The number of ether oxygens (including phenoxy) is 1. The molecule has 0 aliphatic rings. The smallest absolute Gasteiger partial charge is 0.168 e. The molecule has 0 bridgehead atoms. The Balaban J connectivity index is 2.46. The summed E-state index contributed by atoms with van der Waals surface area (Å²) in [7, 11) is 0. The Morgan fingerprint density at radius 2 is 1.79 bits per heavy atom. The van der Waals surface area contributed by atoms with Crippen molar-refractivity contribution in [2.45, 2.75) is 26.9 Å². The van der Waals surface area contributed by atoms with Crippen LogP contribution >= 0.6 is 0 Å². The highest BCUT2D eigenvalue weighted by Gasteiger charge is 2.15. The summed E-state index contributed by atoms with van der Waals surface area (Å²) in [4.78, 5) is 0. The molecule has 2 nitrogen and oxygen atoms in total. The van der Waals surface area contributed by atoms with E-state index in [2.05, 4.69) is 0 Å². The monoisotopic (exact) mass is 260 g/mol. The van der Waals surface area contributed by atoms with Crippen LogP contribution < -0.4 is 4.74 Å². The lowest BCUT2D eigenvalue weighted by molar-refractivity contribution is 0.194. The van der Waals surface area contributed by atoms with E-state index in [0.29, 0.717) is 11.3 Å². The van der Waals surface area contributed by atoms with Crippen molar-refractivity contribution in [1.29, 1.82) is 0 Å². The molecule has 1 N–H and O–H groups in total. The normalized spacial score (nSPS) is 12.3. The molecule has 0 radical (unpaired) electrons. The third-order valence-electron chi connectivity index (χ3n) is 3.21. The first-order valence-electron chi connectivity index (χ1n) is 6.21. The number of rotatable bonds is 3. The Hall–Kier alpha value is -1.87. The highest BCUT2D eigenvalue weighted by atomic mass is 19.1. The average molecular weight is 260 g/mol. The predicted octanol–water partition coefficient (Wildman–Crippen LogP) is 4.29. The van der Waals surface area contributed by atoms with Crippen molar-refractivity contribution in [2.75, 3.05) is 0 Å². The molecule has 0 saturated carbocycles. The number of aryl methyl sites for hydroxylation is 1. The van der Waals surface area contributed by atoms with E-state index in [9.17, 15) is 9.50 Å². The summed E-state index contributed by atoms with van der Waals surface area (Å²) in [6.45, 7) is 5.48. The van der Waals surface area contributed by atoms with Crippen molar-refractivity contribution in [3.05, 3.63) is 58.9 Å². The maximum Gasteiger partial charge on any atom is 0.168 e. The van der Waals surface area contributed by atoms with E-state index in [1.165, 1.54) is 6.07 Å². The lowest BCUT2D eigenvalue weighted by atomic mass is 10.1. The van der Waals surface area contributed by atoms with Gasteiger partial charge < -0.3 is 9.84 Å². The van der Waals surface area contributed by atoms with Crippen LogP contribution in [0.15, 0.2) is 36.4 Å². The molecule has 0 aromatic heterocycles. The van der Waals surface area contributed by atoms with Crippen molar-refractivity contribution >= 4 is 0 Å². The van der Waals surface area contributed by atoms with E-state index < -0.39 is 11.9 Å². The van der Waals surface area contributed by atoms with Crippen LogP contribution in [-0.2, 0) is 0 Å². The first-order chi connectivity index (χ1) is 9.00. The maximum atomic E-state index is 13.9. The van der Waals surface area contributed by atoms with Crippen molar-refractivity contribution in [2.24, 2.45) is 0 Å². The zero-order chi connectivity index (χ0) is 14.0. The minimum Gasteiger partial charge on any atom is -0.454 e. The van der Waals surface area contributed by atoms with E-state index in [-0.39, 0.29) is 5.75 Å². The predicted molar refractivity (Wildman–Crippen MR) is 73.0 cm³/mol. The Morgan fingerprint density at radius 3 is 2.47 bits per heavy atom. The van der Waals surface area contributed by atoms with Gasteiger partial charge in [-0.3, -0.25) is 0 Å². The third-order valence-corrected chi connectivity index (χ3v) is 3.21. The number of hydrogen-bond acceptors (Lipinski definition) is 2. The summed E-state index contributed by atoms with van der Waals surface area (Å²) in [6, 6.07) is 10.2. The molecule has 0 aliphatic carbocycles. The lowest BCUT2D eigenvalue weighted by Crippen LogP contribution is -2.00. The van der Waals surface area contributed by atoms with Gasteiger partial charge in [0, 0.05) is 5.56 Å². The van der Waals surface area contributed by atoms with E-state index in [4.69, 9.17) is 4.74 Å². The Morgan fingerprint density at radius 1 is 1.11 bits per heavy atom. The van der Waals surface area contributed by atoms with Gasteiger partial charge in [0.2, 0.25) is 0 Å². The topological polar surface area (TPSA) is 29.5 Å². The fourth-order valence-corrected chi connectivity index (χ4v) is 1.91. The van der Waals surface area contributed by atoms with Crippen molar-refractivity contribution in [3.63, 3.8) is 0 Å². The van der Waals surface area contributed by atoms with Crippen molar-refractivity contribution in [3.8, 4) is 11.5 Å². The van der Waals surface area contributed by atoms with Crippen LogP contribution in [0.4, 0.5) is 4.39 Å². The van der Waals surface area contributed by atoms with Crippen LogP contribution in [0.25, 0.3) is 0 Å². The summed E-state index contributed by atoms with van der Waals surface area (Å²) in [5.74, 6) is 0.220. The maximum absolute atomic E-state index is 13.9. The second-order valence-electron chi connectivity index (χ2n) is 4.63. The van der Waals surface area contributed by atoms with E-state index in [1.54, 1.807) is 25.1 Å². The van der Waals surface area contributed by atoms with Gasteiger partial charge in [-0.25, -0.2) is 4.39 Å². The fraction of sp³-hybridized carbons (Fsp3) is 0.250. The van der Waals surface area contributed by atoms with Crippen LogP contribution in [0.2, 0.25) is 0 Å². The number of halogens is 1. The standard InChI is InChI=1S/C16H17FO2/c1-10-6-4-9-15(11(10)2)19-16-13(12(3)18)7-5-8-14(16)17/h4-9,12,18H,1-3H3. The number of hydrogen-bond donors (Lipinski definition) is 1. The highest BCUT2D eigenvalue weighted by Crippen LogP contribution is 2.34. The Labute approximate surface area is 112 Å². The largest absolute Gasteiger partial charge is 0.454 e. The molecule has 1 unspecified atom stereocenters. The third kappa shape index (κ3) is 2.76. The molecule has 0 aliphatic heterocycles. The summed E-state index contributed by atoms with van der Waals surface area (Å²) in [6.07, 6.45) is -0.782. The van der Waals surface area contributed by atoms with E-state index in [0.717, 1.165) is 11.1 Å². The number of benzene rings is 2. The summed E-state index contributed by atoms with van der Waals surface area (Å²) in [5.41, 5.74) is 2.48. The van der Waals surface area contributed by atoms with E-state index in [1.807, 2.05) is 26.0 Å². The SMILES string of the molecule is Cc1cccc(Oc2c(F)cccc2C(C)O)c1C. The summed E-state index contributed by atoms with van der Waals surface area (Å²) in [5, 5.41) is 9.68. The molecule has 0 saturated heterocycles. The average Bonchev–Trinajstić information content (AvgIpc) is 2.36. The highest BCUT2D eigenvalue weighted by molar-refractivity contribution is 5.44. The molecule has 0 heterocycles. The number of para-hydroxylation sites is 1. The minimum atomic E-state index is -0.782. The van der Waals surface area contributed by atoms with Gasteiger partial charge in [-0.15, -0.1) is 0 Å². The molecule has 19 heavy (non-hydrogen) atoms. The molecule has 0 fully saturated rings. The van der Waals surface area contributed by atoms with Gasteiger partial charge in [-0.05, 0) is 44.0 Å². The van der Waals surface area contributed by atoms with Gasteiger partial charge in [0.1, 0.15) is 5.75 Å². The first kappa shape index (κ1) is 13.6. The quantitative estimate of drug-likeness (QED) is 0.892. The second kappa shape index (κ2) is 5.41. The molecule has 3 heteroatoms. The zero-order valence-electron chi connectivity index (χ0n) is 11.3. The molecule has 1 atom stereocenters. The van der Waals surface area contributed by atoms with Crippen molar-refractivity contribution in [1.82, 2.24) is 0 Å². The molecule has 2 rings (SSSR count). The Kier molecular flexibility index (Phi) is 3.86. The van der Waals surface area contributed by atoms with Gasteiger partial charge in [0.05, 0.1) is 6.10 Å². The second-order valence-corrected chi connectivity index (χ2v) is 4.63. The van der Waals surface area contributed by atoms with Gasteiger partial charge in [0.15, 0.2) is 11.6 Å². The van der Waals surface area contributed by atoms with Gasteiger partial charge >= 0.3 is 0 Å². The number of aliphatic hydroxyl groups is 1. The molecule has 2 aromatic rings. The van der Waals surface area contributed by atoms with Gasteiger partial charge in [-0.1, -0.05) is 24.3 Å². The molecule has 2 aromatic carbocycles. The molecular formula is C16H17FO2. The fourth-order valence-electron chi connectivity index (χ4n) is 1.91. The Bertz CT molecular complexity index is 591. The number of aliphatic hydroxyl groups excluding tert-OH is 1. The van der Waals surface area contributed by atoms with Crippen LogP contribution in [0.1, 0.15) is 29.7 Å². The van der Waals surface area contributed by atoms with Crippen LogP contribution in [0, 0.1) is 19.7 Å². The molecule has 100 valence electrons. The minimum absolute atomic E-state index is 0.0891. The molecule has 0 spiro atoms. The lowest BCUT2D eigenvalue weighted by Gasteiger charge is -2.16. The van der Waals surface area contributed by atoms with Crippen LogP contribution in [-0.4, -0.2) is 5.11 Å². The first-order valence-corrected chi connectivity index (χ1v) is 6.21. The zero-order valence-corrected chi connectivity index (χ0v) is 11.3. The van der Waals surface area contributed by atoms with E-state index >= 15 is 0 Å². The van der Waals surface area contributed by atoms with Gasteiger partial charge in [0.25, 0.3) is 0 Å². The van der Waals surface area contributed by atoms with Gasteiger partial charge in [-0.2, -0.15) is 0 Å².